The van der Waals surface area contributed by atoms with Crippen molar-refractivity contribution in [3.63, 3.8) is 0 Å². The van der Waals surface area contributed by atoms with E-state index in [2.05, 4.69) is 25.8 Å². The molecule has 1 amide bonds. The van der Waals surface area contributed by atoms with Crippen molar-refractivity contribution >= 4 is 17.5 Å². The Kier molecular flexibility index (Phi) is 5.45. The molecule has 0 spiro atoms. The highest BCUT2D eigenvalue weighted by Gasteiger charge is 2.31. The molecule has 25 heavy (non-hydrogen) atoms. The van der Waals surface area contributed by atoms with Crippen molar-refractivity contribution in [3.05, 3.63) is 29.7 Å². The quantitative estimate of drug-likeness (QED) is 0.615. The number of nitrogens with zero attached hydrogens (tertiary/aromatic N) is 5. The van der Waals surface area contributed by atoms with Crippen molar-refractivity contribution in [2.75, 3.05) is 27.7 Å². The summed E-state index contributed by atoms with van der Waals surface area (Å²) in [4.78, 5) is 16.9. The first-order valence-electron chi connectivity index (χ1n) is 7.28. The fourth-order valence-electron chi connectivity index (χ4n) is 1.93. The maximum Gasteiger partial charge on any atom is 0.417 e. The Morgan fingerprint density at radius 2 is 2.00 bits per heavy atom. The Hall–Kier alpha value is -2.85. The van der Waals surface area contributed by atoms with Crippen LogP contribution in [0.15, 0.2) is 23.3 Å². The number of fused-ring (bicyclic) bond motifs is 1. The summed E-state index contributed by atoms with van der Waals surface area (Å²) >= 11 is 0. The van der Waals surface area contributed by atoms with E-state index in [1.807, 2.05) is 0 Å². The minimum Gasteiger partial charge on any atom is -0.349 e. The van der Waals surface area contributed by atoms with Crippen molar-refractivity contribution in [2.45, 2.75) is 12.7 Å². The summed E-state index contributed by atoms with van der Waals surface area (Å²) in [7, 11) is 4.76. The van der Waals surface area contributed by atoms with E-state index in [4.69, 9.17) is 0 Å². The number of halogens is 3. The molecule has 0 radical (unpaired) electrons. The second-order valence-corrected chi connectivity index (χ2v) is 5.33. The van der Waals surface area contributed by atoms with Gasteiger partial charge in [0.2, 0.25) is 5.91 Å². The number of alkyl halides is 3. The lowest BCUT2D eigenvalue weighted by atomic mass is 10.3. The van der Waals surface area contributed by atoms with E-state index in [1.54, 1.807) is 14.1 Å². The summed E-state index contributed by atoms with van der Waals surface area (Å²) in [5.74, 6) is 0.451. The largest absolute Gasteiger partial charge is 0.417 e. The molecule has 2 heterocycles. The summed E-state index contributed by atoms with van der Waals surface area (Å²) in [6.07, 6.45) is -3.51. The van der Waals surface area contributed by atoms with Gasteiger partial charge in [0.25, 0.3) is 0 Å². The highest BCUT2D eigenvalue weighted by atomic mass is 19.4. The SMILES string of the molecule is CN=C(NCC(=O)N(C)C)NCc1nnc2ccc(C(F)(F)F)cn12. The molecule has 2 rings (SSSR count). The van der Waals surface area contributed by atoms with Gasteiger partial charge in [-0.05, 0) is 12.1 Å². The van der Waals surface area contributed by atoms with E-state index in [1.165, 1.54) is 22.4 Å². The molecular weight excluding hydrogens is 339 g/mol. The third-order valence-corrected chi connectivity index (χ3v) is 3.34. The number of hydrogen-bond acceptors (Lipinski definition) is 4. The van der Waals surface area contributed by atoms with Crippen LogP contribution in [0.3, 0.4) is 0 Å². The second-order valence-electron chi connectivity index (χ2n) is 5.33. The molecule has 0 saturated heterocycles. The van der Waals surface area contributed by atoms with Gasteiger partial charge in [0.15, 0.2) is 17.4 Å². The van der Waals surface area contributed by atoms with Crippen molar-refractivity contribution in [1.82, 2.24) is 30.1 Å². The van der Waals surface area contributed by atoms with Crippen LogP contribution in [0, 0.1) is 0 Å². The summed E-state index contributed by atoms with van der Waals surface area (Å²) in [5, 5.41) is 13.4. The van der Waals surface area contributed by atoms with Gasteiger partial charge >= 0.3 is 6.18 Å². The topological polar surface area (TPSA) is 86.9 Å². The van der Waals surface area contributed by atoms with Crippen LogP contribution in [0.4, 0.5) is 13.2 Å². The predicted octanol–water partition coefficient (Wildman–Crippen LogP) is 0.501. The molecule has 0 saturated carbocycles. The number of guanidine groups is 1. The van der Waals surface area contributed by atoms with Crippen molar-refractivity contribution < 1.29 is 18.0 Å². The minimum absolute atomic E-state index is 0.0332. The lowest BCUT2D eigenvalue weighted by molar-refractivity contribution is -0.137. The van der Waals surface area contributed by atoms with E-state index in [-0.39, 0.29) is 24.8 Å². The molecule has 2 N–H and O–H groups in total. The highest BCUT2D eigenvalue weighted by molar-refractivity contribution is 5.86. The average molecular weight is 357 g/mol. The molecule has 136 valence electrons. The number of rotatable bonds is 4. The molecule has 0 aliphatic carbocycles. The standard InChI is InChI=1S/C14H18F3N7O/c1-18-13(20-7-12(25)23(2)3)19-6-11-22-21-10-5-4-9(8-24(10)11)14(15,16)17/h4-5,8H,6-7H2,1-3H3,(H2,18,19,20). The van der Waals surface area contributed by atoms with Crippen molar-refractivity contribution in [3.8, 4) is 0 Å². The molecule has 0 aromatic carbocycles. The zero-order valence-electron chi connectivity index (χ0n) is 13.9. The van der Waals surface area contributed by atoms with Crippen LogP contribution in [0.25, 0.3) is 5.65 Å². The molecule has 11 heteroatoms. The zero-order chi connectivity index (χ0) is 18.6. The number of nitrogens with one attached hydrogen (secondary N) is 2. The fraction of sp³-hybridized carbons (Fsp3) is 0.429. The molecular formula is C14H18F3N7O. The van der Waals surface area contributed by atoms with Gasteiger partial charge in [0, 0.05) is 27.3 Å². The number of amides is 1. The van der Waals surface area contributed by atoms with Gasteiger partial charge in [-0.1, -0.05) is 0 Å². The van der Waals surface area contributed by atoms with E-state index in [9.17, 15) is 18.0 Å². The fourth-order valence-corrected chi connectivity index (χ4v) is 1.93. The normalized spacial score (nSPS) is 12.3. The first kappa shape index (κ1) is 18.5. The zero-order valence-corrected chi connectivity index (χ0v) is 13.9. The number of hydrogen-bond donors (Lipinski definition) is 2. The van der Waals surface area contributed by atoms with Crippen LogP contribution in [-0.4, -0.2) is 59.1 Å². The molecule has 0 atom stereocenters. The first-order valence-corrected chi connectivity index (χ1v) is 7.28. The first-order chi connectivity index (χ1) is 11.7. The summed E-state index contributed by atoms with van der Waals surface area (Å²) in [6.45, 7) is 0.115. The molecule has 8 nitrogen and oxygen atoms in total. The lowest BCUT2D eigenvalue weighted by Crippen LogP contribution is -2.42. The molecule has 2 aromatic heterocycles. The molecule has 0 unspecified atom stereocenters. The van der Waals surface area contributed by atoms with Gasteiger partial charge in [-0.2, -0.15) is 13.2 Å². The monoisotopic (exact) mass is 357 g/mol. The van der Waals surface area contributed by atoms with Gasteiger partial charge < -0.3 is 15.5 Å². The Balaban J connectivity index is 2.08. The maximum atomic E-state index is 12.8. The van der Waals surface area contributed by atoms with Gasteiger partial charge in [0.05, 0.1) is 18.7 Å². The maximum absolute atomic E-state index is 12.8. The highest BCUT2D eigenvalue weighted by Crippen LogP contribution is 2.29. The van der Waals surface area contributed by atoms with Crippen LogP contribution in [-0.2, 0) is 17.5 Å². The van der Waals surface area contributed by atoms with Gasteiger partial charge in [-0.3, -0.25) is 14.2 Å². The lowest BCUT2D eigenvalue weighted by Gasteiger charge is -2.14. The van der Waals surface area contributed by atoms with Crippen LogP contribution in [0.2, 0.25) is 0 Å². The third kappa shape index (κ3) is 4.58. The summed E-state index contributed by atoms with van der Waals surface area (Å²) < 4.78 is 39.7. The predicted molar refractivity (Wildman–Crippen MR) is 84.9 cm³/mol. The molecule has 0 bridgehead atoms. The average Bonchev–Trinajstić information content (AvgIpc) is 2.96. The smallest absolute Gasteiger partial charge is 0.349 e. The second kappa shape index (κ2) is 7.36. The minimum atomic E-state index is -4.45. The molecule has 0 aliphatic rings. The number of aliphatic imine (C=N–C) groups is 1. The number of pyridine rings is 1. The van der Waals surface area contributed by atoms with Crippen LogP contribution in [0.5, 0.6) is 0 Å². The van der Waals surface area contributed by atoms with Crippen LogP contribution in [0.1, 0.15) is 11.4 Å². The van der Waals surface area contributed by atoms with Crippen molar-refractivity contribution in [2.24, 2.45) is 4.99 Å². The number of carbonyl (C=O) groups excluding carboxylic acids is 1. The Labute approximate surface area is 141 Å². The van der Waals surface area contributed by atoms with E-state index >= 15 is 0 Å². The molecule has 0 fully saturated rings. The van der Waals surface area contributed by atoms with E-state index in [0.29, 0.717) is 11.6 Å². The molecule has 2 aromatic rings. The van der Waals surface area contributed by atoms with E-state index in [0.717, 1.165) is 12.3 Å². The van der Waals surface area contributed by atoms with Gasteiger partial charge in [-0.25, -0.2) is 0 Å². The van der Waals surface area contributed by atoms with Crippen LogP contribution < -0.4 is 10.6 Å². The van der Waals surface area contributed by atoms with Crippen LogP contribution >= 0.6 is 0 Å². The Morgan fingerprint density at radius 1 is 1.28 bits per heavy atom. The Bertz CT molecular complexity index is 782. The number of carbonyl (C=O) groups is 1. The Morgan fingerprint density at radius 3 is 2.60 bits per heavy atom. The van der Waals surface area contributed by atoms with Gasteiger partial charge in [-0.15, -0.1) is 10.2 Å². The summed E-state index contributed by atoms with van der Waals surface area (Å²) in [5.41, 5.74) is -0.490. The number of aromatic nitrogens is 3. The number of likely N-dealkylation sites (N-methyl/N-ethyl adjacent to an activating group) is 1. The summed E-state index contributed by atoms with van der Waals surface area (Å²) in [6, 6.07) is 2.21. The van der Waals surface area contributed by atoms with Gasteiger partial charge in [0.1, 0.15) is 0 Å². The third-order valence-electron chi connectivity index (χ3n) is 3.34. The van der Waals surface area contributed by atoms with Crippen molar-refractivity contribution in [1.29, 1.82) is 0 Å². The van der Waals surface area contributed by atoms with E-state index < -0.39 is 11.7 Å². The molecule has 0 aliphatic heterocycles.